The van der Waals surface area contributed by atoms with Crippen LogP contribution in [0.3, 0.4) is 0 Å². The van der Waals surface area contributed by atoms with Gasteiger partial charge in [-0.25, -0.2) is 4.79 Å². The molecular weight excluding hydrogens is 274 g/mol. The van der Waals surface area contributed by atoms with Gasteiger partial charge in [0.25, 0.3) is 0 Å². The lowest BCUT2D eigenvalue weighted by molar-refractivity contribution is -0.127. The molecule has 0 heterocycles. The maximum Gasteiger partial charge on any atom is 0.408 e. The molecule has 0 saturated carbocycles. The smallest absolute Gasteiger partial charge is 0.408 e. The second-order valence-electron chi connectivity index (χ2n) is 5.90. The van der Waals surface area contributed by atoms with Crippen LogP contribution in [0.15, 0.2) is 0 Å². The van der Waals surface area contributed by atoms with Gasteiger partial charge in [-0.2, -0.15) is 0 Å². The van der Waals surface area contributed by atoms with Crippen molar-refractivity contribution in [2.75, 3.05) is 13.6 Å². The number of hydrogen-bond donors (Lipinski definition) is 3. The molecule has 0 aliphatic rings. The van der Waals surface area contributed by atoms with E-state index in [9.17, 15) is 14.4 Å². The van der Waals surface area contributed by atoms with Gasteiger partial charge < -0.3 is 20.7 Å². The minimum Gasteiger partial charge on any atom is -0.444 e. The van der Waals surface area contributed by atoms with Crippen LogP contribution in [-0.2, 0) is 14.3 Å². The molecule has 7 nitrogen and oxygen atoms in total. The lowest BCUT2D eigenvalue weighted by Crippen LogP contribution is -2.52. The standard InChI is InChI=1S/C14H27N3O4/c1-7-9(2)11(12(19)16-8-10(18)15-6)17-13(20)21-14(3,4)5/h9,11H,7-8H2,1-6H3,(H,15,18)(H,16,19)(H,17,20). The molecule has 0 aromatic heterocycles. The van der Waals surface area contributed by atoms with E-state index in [4.69, 9.17) is 4.74 Å². The molecule has 7 heteroatoms. The van der Waals surface area contributed by atoms with Crippen LogP contribution in [0.5, 0.6) is 0 Å². The third-order valence-electron chi connectivity index (χ3n) is 2.87. The monoisotopic (exact) mass is 301 g/mol. The Morgan fingerprint density at radius 1 is 1.19 bits per heavy atom. The van der Waals surface area contributed by atoms with Crippen molar-refractivity contribution in [1.82, 2.24) is 16.0 Å². The Morgan fingerprint density at radius 3 is 2.19 bits per heavy atom. The van der Waals surface area contributed by atoms with Crippen molar-refractivity contribution in [3.8, 4) is 0 Å². The van der Waals surface area contributed by atoms with E-state index in [1.165, 1.54) is 7.05 Å². The Bertz CT molecular complexity index is 377. The highest BCUT2D eigenvalue weighted by Gasteiger charge is 2.28. The number of amides is 3. The lowest BCUT2D eigenvalue weighted by Gasteiger charge is -2.26. The number of hydrogen-bond acceptors (Lipinski definition) is 4. The minimum atomic E-state index is -0.741. The number of carbonyl (C=O) groups excluding carboxylic acids is 3. The predicted molar refractivity (Wildman–Crippen MR) is 79.7 cm³/mol. The van der Waals surface area contributed by atoms with Crippen LogP contribution in [0, 0.1) is 5.92 Å². The second-order valence-corrected chi connectivity index (χ2v) is 5.90. The average molecular weight is 301 g/mol. The maximum absolute atomic E-state index is 12.1. The molecule has 21 heavy (non-hydrogen) atoms. The first-order valence-electron chi connectivity index (χ1n) is 7.08. The van der Waals surface area contributed by atoms with Gasteiger partial charge in [-0.1, -0.05) is 20.3 Å². The predicted octanol–water partition coefficient (Wildman–Crippen LogP) is 0.788. The van der Waals surface area contributed by atoms with E-state index in [2.05, 4.69) is 16.0 Å². The zero-order chi connectivity index (χ0) is 16.6. The van der Waals surface area contributed by atoms with Crippen molar-refractivity contribution >= 4 is 17.9 Å². The zero-order valence-electron chi connectivity index (χ0n) is 13.7. The maximum atomic E-state index is 12.1. The first-order valence-corrected chi connectivity index (χ1v) is 7.08. The van der Waals surface area contributed by atoms with Gasteiger partial charge in [0.05, 0.1) is 6.54 Å². The molecule has 0 saturated heterocycles. The van der Waals surface area contributed by atoms with Crippen LogP contribution in [0.25, 0.3) is 0 Å². The Kier molecular flexibility index (Phi) is 7.76. The van der Waals surface area contributed by atoms with Crippen molar-refractivity contribution in [3.05, 3.63) is 0 Å². The Morgan fingerprint density at radius 2 is 1.76 bits per heavy atom. The summed E-state index contributed by atoms with van der Waals surface area (Å²) in [5.41, 5.74) is -0.636. The summed E-state index contributed by atoms with van der Waals surface area (Å²) in [6.07, 6.45) is 0.0521. The van der Waals surface area contributed by atoms with Crippen molar-refractivity contribution in [3.63, 3.8) is 0 Å². The number of rotatable bonds is 6. The molecule has 0 spiro atoms. The summed E-state index contributed by atoms with van der Waals surface area (Å²) in [6, 6.07) is -0.741. The third-order valence-corrected chi connectivity index (χ3v) is 2.87. The molecule has 0 aromatic carbocycles. The normalized spacial score (nSPS) is 13.8. The fourth-order valence-corrected chi connectivity index (χ4v) is 1.50. The van der Waals surface area contributed by atoms with Crippen LogP contribution in [-0.4, -0.2) is 43.1 Å². The van der Waals surface area contributed by atoms with Crippen LogP contribution in [0.1, 0.15) is 41.0 Å². The minimum absolute atomic E-state index is 0.0813. The van der Waals surface area contributed by atoms with Crippen molar-refractivity contribution < 1.29 is 19.1 Å². The van der Waals surface area contributed by atoms with Gasteiger partial charge in [-0.3, -0.25) is 9.59 Å². The molecule has 0 aromatic rings. The highest BCUT2D eigenvalue weighted by atomic mass is 16.6. The van der Waals surface area contributed by atoms with Crippen LogP contribution in [0.4, 0.5) is 4.79 Å². The number of likely N-dealkylation sites (N-methyl/N-ethyl adjacent to an activating group) is 1. The summed E-state index contributed by atoms with van der Waals surface area (Å²) >= 11 is 0. The summed E-state index contributed by atoms with van der Waals surface area (Å²) in [5, 5.41) is 7.47. The quantitative estimate of drug-likeness (QED) is 0.675. The van der Waals surface area contributed by atoms with E-state index in [0.29, 0.717) is 6.42 Å². The van der Waals surface area contributed by atoms with Gasteiger partial charge in [0, 0.05) is 7.05 Å². The molecule has 0 fully saturated rings. The molecule has 2 unspecified atom stereocenters. The summed E-state index contributed by atoms with van der Waals surface area (Å²) < 4.78 is 5.15. The number of nitrogens with one attached hydrogen (secondary N) is 3. The molecule has 0 aliphatic heterocycles. The largest absolute Gasteiger partial charge is 0.444 e. The first kappa shape index (κ1) is 19.2. The van der Waals surface area contributed by atoms with Crippen LogP contribution < -0.4 is 16.0 Å². The van der Waals surface area contributed by atoms with E-state index < -0.39 is 23.6 Å². The van der Waals surface area contributed by atoms with Crippen molar-refractivity contribution in [2.24, 2.45) is 5.92 Å². The molecule has 3 N–H and O–H groups in total. The van der Waals surface area contributed by atoms with E-state index in [1.54, 1.807) is 20.8 Å². The number of carbonyl (C=O) groups is 3. The SMILES string of the molecule is CCC(C)C(NC(=O)OC(C)(C)C)C(=O)NCC(=O)NC. The fraction of sp³-hybridized carbons (Fsp3) is 0.786. The second kappa shape index (κ2) is 8.49. The van der Waals surface area contributed by atoms with E-state index >= 15 is 0 Å². The molecule has 0 aliphatic carbocycles. The Hall–Kier alpha value is -1.79. The Labute approximate surface area is 126 Å². The van der Waals surface area contributed by atoms with Crippen molar-refractivity contribution in [1.29, 1.82) is 0 Å². The molecule has 0 radical (unpaired) electrons. The van der Waals surface area contributed by atoms with E-state index in [0.717, 1.165) is 0 Å². The molecule has 0 rings (SSSR count). The van der Waals surface area contributed by atoms with E-state index in [1.807, 2.05) is 13.8 Å². The van der Waals surface area contributed by atoms with Gasteiger partial charge in [0.1, 0.15) is 11.6 Å². The van der Waals surface area contributed by atoms with Gasteiger partial charge in [0.2, 0.25) is 11.8 Å². The fourth-order valence-electron chi connectivity index (χ4n) is 1.50. The molecule has 2 atom stereocenters. The summed E-state index contributed by atoms with van der Waals surface area (Å²) in [6.45, 7) is 8.88. The highest BCUT2D eigenvalue weighted by molar-refractivity contribution is 5.89. The van der Waals surface area contributed by atoms with Gasteiger partial charge in [-0.05, 0) is 26.7 Å². The van der Waals surface area contributed by atoms with Crippen LogP contribution in [0.2, 0.25) is 0 Å². The Balaban J connectivity index is 4.69. The molecular formula is C14H27N3O4. The number of ether oxygens (including phenoxy) is 1. The number of alkyl carbamates (subject to hydrolysis) is 1. The third kappa shape index (κ3) is 8.16. The van der Waals surface area contributed by atoms with Gasteiger partial charge >= 0.3 is 6.09 Å². The van der Waals surface area contributed by atoms with E-state index in [-0.39, 0.29) is 18.4 Å². The first-order chi connectivity index (χ1) is 9.60. The topological polar surface area (TPSA) is 96.5 Å². The molecule has 122 valence electrons. The lowest BCUT2D eigenvalue weighted by atomic mass is 9.98. The van der Waals surface area contributed by atoms with Crippen LogP contribution >= 0.6 is 0 Å². The molecule has 0 bridgehead atoms. The summed E-state index contributed by atoms with van der Waals surface area (Å²) in [7, 11) is 1.49. The molecule has 3 amide bonds. The summed E-state index contributed by atoms with van der Waals surface area (Å²) in [4.78, 5) is 35.0. The van der Waals surface area contributed by atoms with Gasteiger partial charge in [-0.15, -0.1) is 0 Å². The average Bonchev–Trinajstić information content (AvgIpc) is 2.38. The highest BCUT2D eigenvalue weighted by Crippen LogP contribution is 2.11. The zero-order valence-corrected chi connectivity index (χ0v) is 13.7. The van der Waals surface area contributed by atoms with Crippen molar-refractivity contribution in [2.45, 2.75) is 52.7 Å². The van der Waals surface area contributed by atoms with Gasteiger partial charge in [0.15, 0.2) is 0 Å². The summed E-state index contributed by atoms with van der Waals surface area (Å²) in [5.74, 6) is -0.787.